The highest BCUT2D eigenvalue weighted by molar-refractivity contribution is 6.01. The molecule has 3 aromatic rings. The summed E-state index contributed by atoms with van der Waals surface area (Å²) in [5, 5.41) is 2.93. The van der Waals surface area contributed by atoms with Gasteiger partial charge in [0, 0.05) is 30.5 Å². The third-order valence-corrected chi connectivity index (χ3v) is 4.96. The van der Waals surface area contributed by atoms with Gasteiger partial charge in [0.1, 0.15) is 12.4 Å². The van der Waals surface area contributed by atoms with E-state index in [0.29, 0.717) is 42.1 Å². The largest absolute Gasteiger partial charge is 0.489 e. The zero-order chi connectivity index (χ0) is 21.1. The molecule has 0 aliphatic carbocycles. The molecule has 0 fully saturated rings. The maximum Gasteiger partial charge on any atom is 0.255 e. The van der Waals surface area contributed by atoms with E-state index in [1.165, 1.54) is 6.07 Å². The summed E-state index contributed by atoms with van der Waals surface area (Å²) < 4.78 is 20.5. The van der Waals surface area contributed by atoms with E-state index >= 15 is 0 Å². The van der Waals surface area contributed by atoms with Crippen molar-refractivity contribution >= 4 is 11.6 Å². The van der Waals surface area contributed by atoms with Gasteiger partial charge < -0.3 is 15.0 Å². The number of anilines is 1. The molecule has 0 bridgehead atoms. The lowest BCUT2D eigenvalue weighted by Crippen LogP contribution is -2.35. The third-order valence-electron chi connectivity index (χ3n) is 4.96. The van der Waals surface area contributed by atoms with E-state index in [1.807, 2.05) is 38.2 Å². The quantitative estimate of drug-likeness (QED) is 0.683. The van der Waals surface area contributed by atoms with Crippen LogP contribution in [0.25, 0.3) is 11.1 Å². The van der Waals surface area contributed by atoms with Crippen molar-refractivity contribution in [1.82, 2.24) is 10.3 Å². The van der Waals surface area contributed by atoms with Gasteiger partial charge in [-0.2, -0.15) is 0 Å². The van der Waals surface area contributed by atoms with Crippen LogP contribution < -0.4 is 15.0 Å². The molecule has 5 nitrogen and oxygen atoms in total. The topological polar surface area (TPSA) is 54.5 Å². The maximum absolute atomic E-state index is 14.5. The number of rotatable bonds is 5. The van der Waals surface area contributed by atoms with E-state index < -0.39 is 0 Å². The fourth-order valence-corrected chi connectivity index (χ4v) is 3.61. The van der Waals surface area contributed by atoms with Crippen LogP contribution in [0.5, 0.6) is 5.75 Å². The molecule has 2 heterocycles. The van der Waals surface area contributed by atoms with Gasteiger partial charge in [-0.3, -0.25) is 9.78 Å². The lowest BCUT2D eigenvalue weighted by molar-refractivity contribution is 0.0938. The molecule has 1 N–H and O–H groups in total. The van der Waals surface area contributed by atoms with Crippen LogP contribution in [0.1, 0.15) is 29.8 Å². The van der Waals surface area contributed by atoms with Crippen molar-refractivity contribution in [2.45, 2.75) is 26.4 Å². The van der Waals surface area contributed by atoms with Gasteiger partial charge in [-0.05, 0) is 49.2 Å². The van der Waals surface area contributed by atoms with E-state index in [4.69, 9.17) is 4.74 Å². The summed E-state index contributed by atoms with van der Waals surface area (Å²) in [6, 6.07) is 14.1. The van der Waals surface area contributed by atoms with E-state index in [0.717, 1.165) is 11.3 Å². The molecule has 154 valence electrons. The average molecular weight is 405 g/mol. The fraction of sp³-hybridized carbons (Fsp3) is 0.250. The van der Waals surface area contributed by atoms with E-state index in [2.05, 4.69) is 15.2 Å². The Balaban J connectivity index is 1.83. The number of ether oxygens (including phenoxy) is 1. The molecular weight excluding hydrogens is 381 g/mol. The molecule has 1 aliphatic rings. The second-order valence-electron chi connectivity index (χ2n) is 7.61. The Labute approximate surface area is 175 Å². The van der Waals surface area contributed by atoms with Crippen LogP contribution in [0.4, 0.5) is 10.1 Å². The highest BCUT2D eigenvalue weighted by Gasteiger charge is 2.26. The number of halogens is 1. The summed E-state index contributed by atoms with van der Waals surface area (Å²) >= 11 is 0. The molecule has 0 saturated heterocycles. The minimum absolute atomic E-state index is 0.0274. The summed E-state index contributed by atoms with van der Waals surface area (Å²) in [5.74, 6) is -0.0331. The molecule has 0 radical (unpaired) electrons. The Morgan fingerprint density at radius 1 is 1.23 bits per heavy atom. The molecule has 1 aromatic heterocycles. The van der Waals surface area contributed by atoms with Crippen molar-refractivity contribution in [3.63, 3.8) is 0 Å². The number of carbonyl (C=O) groups is 1. The fourth-order valence-electron chi connectivity index (χ4n) is 3.61. The van der Waals surface area contributed by atoms with Gasteiger partial charge >= 0.3 is 0 Å². The van der Waals surface area contributed by atoms with Crippen molar-refractivity contribution < 1.29 is 13.9 Å². The number of fused-ring (bicyclic) bond motifs is 1. The summed E-state index contributed by atoms with van der Waals surface area (Å²) in [5.41, 5.74) is 3.33. The van der Waals surface area contributed by atoms with Crippen molar-refractivity contribution in [3.8, 4) is 16.9 Å². The molecule has 4 rings (SSSR count). The predicted octanol–water partition coefficient (Wildman–Crippen LogP) is 4.42. The standard InChI is InChI=1S/C24H24FN3O2/c1-16(2)27-24(29)20-12-18(19-7-3-4-8-21(19)25)13-22-23(20)30-11-10-28(22)15-17-6-5-9-26-14-17/h3-9,12-14,16H,10-11,15H2,1-2H3,(H,27,29). The van der Waals surface area contributed by atoms with Gasteiger partial charge in [0.25, 0.3) is 5.91 Å². The van der Waals surface area contributed by atoms with Crippen molar-refractivity contribution in [1.29, 1.82) is 0 Å². The van der Waals surface area contributed by atoms with Gasteiger partial charge in [-0.1, -0.05) is 24.3 Å². The molecule has 1 aliphatic heterocycles. The van der Waals surface area contributed by atoms with E-state index in [-0.39, 0.29) is 17.8 Å². The number of nitrogens with one attached hydrogen (secondary N) is 1. The number of carbonyl (C=O) groups excluding carboxylic acids is 1. The molecule has 2 aromatic carbocycles. The van der Waals surface area contributed by atoms with Crippen molar-refractivity contribution in [2.24, 2.45) is 0 Å². The minimum Gasteiger partial charge on any atom is -0.489 e. The number of hydrogen-bond donors (Lipinski definition) is 1. The smallest absolute Gasteiger partial charge is 0.255 e. The summed E-state index contributed by atoms with van der Waals surface area (Å²) in [6.45, 7) is 5.56. The van der Waals surface area contributed by atoms with Crippen LogP contribution in [-0.4, -0.2) is 30.1 Å². The highest BCUT2D eigenvalue weighted by atomic mass is 19.1. The zero-order valence-electron chi connectivity index (χ0n) is 17.1. The maximum atomic E-state index is 14.5. The molecule has 30 heavy (non-hydrogen) atoms. The van der Waals surface area contributed by atoms with Crippen LogP contribution in [-0.2, 0) is 6.54 Å². The van der Waals surface area contributed by atoms with Gasteiger partial charge in [-0.25, -0.2) is 4.39 Å². The first-order valence-electron chi connectivity index (χ1n) is 10.0. The predicted molar refractivity (Wildman–Crippen MR) is 115 cm³/mol. The van der Waals surface area contributed by atoms with Crippen LogP contribution >= 0.6 is 0 Å². The van der Waals surface area contributed by atoms with Crippen LogP contribution in [0.15, 0.2) is 60.9 Å². The molecule has 6 heteroatoms. The van der Waals surface area contributed by atoms with Gasteiger partial charge in [0.15, 0.2) is 5.75 Å². The SMILES string of the molecule is CC(C)NC(=O)c1cc(-c2ccccc2F)cc2c1OCCN2Cc1cccnc1. The Morgan fingerprint density at radius 3 is 2.80 bits per heavy atom. The Hall–Kier alpha value is -3.41. The van der Waals surface area contributed by atoms with E-state index in [9.17, 15) is 9.18 Å². The zero-order valence-corrected chi connectivity index (χ0v) is 17.1. The Morgan fingerprint density at radius 2 is 2.07 bits per heavy atom. The molecule has 0 saturated carbocycles. The number of hydrogen-bond acceptors (Lipinski definition) is 4. The molecule has 1 amide bonds. The third kappa shape index (κ3) is 4.13. The second-order valence-corrected chi connectivity index (χ2v) is 7.61. The average Bonchev–Trinajstić information content (AvgIpc) is 2.74. The van der Waals surface area contributed by atoms with Crippen molar-refractivity contribution in [3.05, 3.63) is 77.9 Å². The first kappa shape index (κ1) is 19.9. The number of amides is 1. The lowest BCUT2D eigenvalue weighted by Gasteiger charge is -2.33. The number of aromatic nitrogens is 1. The van der Waals surface area contributed by atoms with Gasteiger partial charge in [-0.15, -0.1) is 0 Å². The van der Waals surface area contributed by atoms with Gasteiger partial charge in [0.2, 0.25) is 0 Å². The van der Waals surface area contributed by atoms with E-state index in [1.54, 1.807) is 30.5 Å². The van der Waals surface area contributed by atoms with Crippen molar-refractivity contribution in [2.75, 3.05) is 18.1 Å². The first-order valence-corrected chi connectivity index (χ1v) is 10.0. The Kier molecular flexibility index (Phi) is 5.65. The molecule has 0 unspecified atom stereocenters. The van der Waals surface area contributed by atoms with Crippen LogP contribution in [0, 0.1) is 5.82 Å². The molecule has 0 atom stereocenters. The van der Waals surface area contributed by atoms with Crippen LogP contribution in [0.3, 0.4) is 0 Å². The number of nitrogens with zero attached hydrogens (tertiary/aromatic N) is 2. The Bertz CT molecular complexity index is 1050. The monoisotopic (exact) mass is 405 g/mol. The number of benzene rings is 2. The van der Waals surface area contributed by atoms with Crippen LogP contribution in [0.2, 0.25) is 0 Å². The number of pyridine rings is 1. The lowest BCUT2D eigenvalue weighted by atomic mass is 9.98. The molecular formula is C24H24FN3O2. The minimum atomic E-state index is -0.330. The molecule has 0 spiro atoms. The second kappa shape index (κ2) is 8.53. The first-order chi connectivity index (χ1) is 14.5. The summed E-state index contributed by atoms with van der Waals surface area (Å²) in [4.78, 5) is 19.3. The summed E-state index contributed by atoms with van der Waals surface area (Å²) in [6.07, 6.45) is 3.56. The normalized spacial score (nSPS) is 13.0. The van der Waals surface area contributed by atoms with Gasteiger partial charge in [0.05, 0.1) is 17.8 Å². The highest BCUT2D eigenvalue weighted by Crippen LogP contribution is 2.40. The summed E-state index contributed by atoms with van der Waals surface area (Å²) in [7, 11) is 0.